The Morgan fingerprint density at radius 2 is 2.25 bits per heavy atom. The Hall–Kier alpha value is -1.52. The molecule has 0 unspecified atom stereocenters. The summed E-state index contributed by atoms with van der Waals surface area (Å²) in [5.74, 6) is -0.0431. The largest absolute Gasteiger partial charge is 0.395 e. The van der Waals surface area contributed by atoms with E-state index < -0.39 is 0 Å². The second-order valence-electron chi connectivity index (χ2n) is 4.14. The van der Waals surface area contributed by atoms with Crippen LogP contribution in [0.25, 0.3) is 0 Å². The van der Waals surface area contributed by atoms with E-state index in [9.17, 15) is 4.79 Å². The molecule has 1 aliphatic carbocycles. The Kier molecular flexibility index (Phi) is 2.85. The second-order valence-corrected chi connectivity index (χ2v) is 4.14. The molecule has 1 aromatic heterocycles. The maximum Gasteiger partial charge on any atom is 0.276 e. The van der Waals surface area contributed by atoms with Crippen LogP contribution in [-0.4, -0.2) is 33.6 Å². The van der Waals surface area contributed by atoms with Crippen molar-refractivity contribution in [2.24, 2.45) is 0 Å². The Morgan fingerprint density at radius 3 is 2.69 bits per heavy atom. The normalized spacial score (nSPS) is 15.1. The summed E-state index contributed by atoms with van der Waals surface area (Å²) < 4.78 is 0. The lowest BCUT2D eigenvalue weighted by Crippen LogP contribution is -2.33. The Morgan fingerprint density at radius 1 is 1.56 bits per heavy atom. The molecule has 2 rings (SSSR count). The third-order valence-corrected chi connectivity index (χ3v) is 3.03. The molecule has 0 spiro atoms. The number of hydrogen-bond acceptors (Lipinski definition) is 3. The molecule has 1 amide bonds. The van der Waals surface area contributed by atoms with Gasteiger partial charge in [-0.15, -0.1) is 0 Å². The molecule has 5 nitrogen and oxygen atoms in total. The zero-order valence-electron chi connectivity index (χ0n) is 9.79. The predicted molar refractivity (Wildman–Crippen MR) is 62.1 cm³/mol. The summed E-state index contributed by atoms with van der Waals surface area (Å²) in [4.78, 5) is 14.0. The summed E-state index contributed by atoms with van der Waals surface area (Å²) in [5, 5.41) is 6.84. The minimum atomic E-state index is -0.0431. The van der Waals surface area contributed by atoms with Crippen LogP contribution in [0.4, 0.5) is 5.69 Å². The second kappa shape index (κ2) is 4.15. The molecule has 3 N–H and O–H groups in total. The fraction of sp³-hybridized carbons (Fsp3) is 0.636. The number of carbonyl (C=O) groups is 1. The van der Waals surface area contributed by atoms with E-state index in [1.165, 1.54) is 0 Å². The van der Waals surface area contributed by atoms with E-state index in [0.29, 0.717) is 17.4 Å². The van der Waals surface area contributed by atoms with Crippen LogP contribution in [0.15, 0.2) is 0 Å². The molecule has 1 saturated carbocycles. The first kappa shape index (κ1) is 11.0. The van der Waals surface area contributed by atoms with Crippen LogP contribution in [0.1, 0.15) is 42.9 Å². The Balaban J connectivity index is 2.21. The van der Waals surface area contributed by atoms with Gasteiger partial charge >= 0.3 is 0 Å². The van der Waals surface area contributed by atoms with Gasteiger partial charge in [-0.25, -0.2) is 0 Å². The van der Waals surface area contributed by atoms with Crippen LogP contribution in [0.2, 0.25) is 0 Å². The lowest BCUT2D eigenvalue weighted by atomic mass is 10.2. The first-order valence-electron chi connectivity index (χ1n) is 5.82. The van der Waals surface area contributed by atoms with Gasteiger partial charge in [-0.05, 0) is 26.2 Å². The third-order valence-electron chi connectivity index (χ3n) is 3.03. The van der Waals surface area contributed by atoms with Crippen LogP contribution < -0.4 is 5.73 Å². The summed E-state index contributed by atoms with van der Waals surface area (Å²) >= 11 is 0. The van der Waals surface area contributed by atoms with E-state index in [1.54, 1.807) is 0 Å². The minimum absolute atomic E-state index is 0.0431. The molecule has 1 aliphatic rings. The fourth-order valence-electron chi connectivity index (χ4n) is 1.91. The van der Waals surface area contributed by atoms with Crippen molar-refractivity contribution in [2.75, 3.05) is 12.3 Å². The molecule has 5 heteroatoms. The number of nitrogens with zero attached hydrogens (tertiary/aromatic N) is 2. The van der Waals surface area contributed by atoms with Crippen LogP contribution in [0, 0.1) is 0 Å². The van der Waals surface area contributed by atoms with E-state index in [0.717, 1.165) is 31.5 Å². The molecule has 1 fully saturated rings. The quantitative estimate of drug-likeness (QED) is 0.803. The van der Waals surface area contributed by atoms with Gasteiger partial charge in [0.05, 0.1) is 11.4 Å². The van der Waals surface area contributed by atoms with Crippen molar-refractivity contribution < 1.29 is 4.79 Å². The predicted octanol–water partition coefficient (Wildman–Crippen LogP) is 1.18. The number of aromatic nitrogens is 2. The number of nitrogens with two attached hydrogens (primary N) is 1. The van der Waals surface area contributed by atoms with Gasteiger partial charge in [0.1, 0.15) is 0 Å². The highest BCUT2D eigenvalue weighted by molar-refractivity contribution is 5.98. The van der Waals surface area contributed by atoms with E-state index in [1.807, 2.05) is 18.7 Å². The fourth-order valence-corrected chi connectivity index (χ4v) is 1.91. The highest BCUT2D eigenvalue weighted by Crippen LogP contribution is 2.28. The number of rotatable bonds is 4. The molecule has 0 saturated heterocycles. The molecule has 0 radical (unpaired) electrons. The van der Waals surface area contributed by atoms with Crippen molar-refractivity contribution >= 4 is 11.6 Å². The van der Waals surface area contributed by atoms with Crippen molar-refractivity contribution in [3.8, 4) is 0 Å². The number of aromatic amines is 1. The number of carbonyl (C=O) groups excluding carboxylic acids is 1. The van der Waals surface area contributed by atoms with Crippen molar-refractivity contribution in [3.63, 3.8) is 0 Å². The van der Waals surface area contributed by atoms with Crippen molar-refractivity contribution in [1.29, 1.82) is 0 Å². The smallest absolute Gasteiger partial charge is 0.276 e. The zero-order chi connectivity index (χ0) is 11.7. The Labute approximate surface area is 95.0 Å². The minimum Gasteiger partial charge on any atom is -0.395 e. The number of amides is 1. The highest BCUT2D eigenvalue weighted by Gasteiger charge is 2.33. The van der Waals surface area contributed by atoms with E-state index in [2.05, 4.69) is 10.2 Å². The van der Waals surface area contributed by atoms with Gasteiger partial charge in [-0.2, -0.15) is 5.10 Å². The summed E-state index contributed by atoms with van der Waals surface area (Å²) in [7, 11) is 0. The van der Waals surface area contributed by atoms with Gasteiger partial charge in [0.2, 0.25) is 0 Å². The lowest BCUT2D eigenvalue weighted by molar-refractivity contribution is 0.0747. The summed E-state index contributed by atoms with van der Waals surface area (Å²) in [6.07, 6.45) is 2.97. The molecule has 88 valence electrons. The third kappa shape index (κ3) is 1.77. The van der Waals surface area contributed by atoms with E-state index in [-0.39, 0.29) is 5.91 Å². The molecule has 0 aliphatic heterocycles. The van der Waals surface area contributed by atoms with Crippen LogP contribution >= 0.6 is 0 Å². The zero-order valence-corrected chi connectivity index (χ0v) is 9.79. The molecule has 0 atom stereocenters. The monoisotopic (exact) mass is 222 g/mol. The number of nitrogens with one attached hydrogen (secondary N) is 1. The van der Waals surface area contributed by atoms with Gasteiger partial charge < -0.3 is 10.6 Å². The number of anilines is 1. The molecule has 16 heavy (non-hydrogen) atoms. The molecule has 1 aromatic rings. The maximum atomic E-state index is 12.2. The SMILES string of the molecule is CCc1[nH]nc(C(=O)N(CC)C2CC2)c1N. The summed E-state index contributed by atoms with van der Waals surface area (Å²) in [6.45, 7) is 4.69. The van der Waals surface area contributed by atoms with Crippen LogP contribution in [0.5, 0.6) is 0 Å². The standard InChI is InChI=1S/C11H18N4O/c1-3-8-9(12)10(14-13-8)11(16)15(4-2)7-5-6-7/h7H,3-6,12H2,1-2H3,(H,13,14). The van der Waals surface area contributed by atoms with Crippen molar-refractivity contribution in [2.45, 2.75) is 39.2 Å². The average molecular weight is 222 g/mol. The summed E-state index contributed by atoms with van der Waals surface area (Å²) in [6, 6.07) is 0.402. The molecular formula is C11H18N4O. The maximum absolute atomic E-state index is 12.2. The van der Waals surface area contributed by atoms with Crippen LogP contribution in [0.3, 0.4) is 0 Å². The molecule has 0 aromatic carbocycles. The number of H-pyrrole nitrogens is 1. The molecule has 0 bridgehead atoms. The first-order valence-corrected chi connectivity index (χ1v) is 5.82. The molecule has 1 heterocycles. The van der Waals surface area contributed by atoms with E-state index >= 15 is 0 Å². The van der Waals surface area contributed by atoms with Crippen molar-refractivity contribution in [1.82, 2.24) is 15.1 Å². The Bertz CT molecular complexity index is 395. The lowest BCUT2D eigenvalue weighted by Gasteiger charge is -2.19. The summed E-state index contributed by atoms with van der Waals surface area (Å²) in [5.41, 5.74) is 7.62. The van der Waals surface area contributed by atoms with Crippen molar-refractivity contribution in [3.05, 3.63) is 11.4 Å². The molecular weight excluding hydrogens is 204 g/mol. The van der Waals surface area contributed by atoms with Gasteiger partial charge in [0.25, 0.3) is 5.91 Å². The number of nitrogen functional groups attached to an aromatic ring is 1. The van der Waals surface area contributed by atoms with Gasteiger partial charge in [-0.3, -0.25) is 9.89 Å². The topological polar surface area (TPSA) is 75.0 Å². The average Bonchev–Trinajstić information content (AvgIpc) is 3.03. The van der Waals surface area contributed by atoms with Gasteiger partial charge in [0, 0.05) is 12.6 Å². The number of aryl methyl sites for hydroxylation is 1. The first-order chi connectivity index (χ1) is 7.69. The number of hydrogen-bond donors (Lipinski definition) is 2. The van der Waals surface area contributed by atoms with Crippen LogP contribution in [-0.2, 0) is 6.42 Å². The van der Waals surface area contributed by atoms with Gasteiger partial charge in [-0.1, -0.05) is 6.92 Å². The van der Waals surface area contributed by atoms with Gasteiger partial charge in [0.15, 0.2) is 5.69 Å². The highest BCUT2D eigenvalue weighted by atomic mass is 16.2. The van der Waals surface area contributed by atoms with E-state index in [4.69, 9.17) is 5.73 Å².